The molecule has 5 heteroatoms. The maximum absolute atomic E-state index is 5.98. The molecule has 0 bridgehead atoms. The van der Waals surface area contributed by atoms with Gasteiger partial charge in [0, 0.05) is 17.0 Å². The standard InChI is InChI=1S/C11H10ClN3O/c1-16-9-3-2-7-4-8(6-14-13)11(12)15-10(7)5-9/h2-6H,13H2,1H3/b14-6+. The molecule has 4 nitrogen and oxygen atoms in total. The second-order valence-corrected chi connectivity index (χ2v) is 3.56. The summed E-state index contributed by atoms with van der Waals surface area (Å²) < 4.78 is 5.11. The van der Waals surface area contributed by atoms with Crippen LogP contribution in [0.3, 0.4) is 0 Å². The minimum atomic E-state index is 0.370. The minimum absolute atomic E-state index is 0.370. The van der Waals surface area contributed by atoms with Crippen LogP contribution in [0.5, 0.6) is 5.75 Å². The van der Waals surface area contributed by atoms with E-state index in [0.29, 0.717) is 10.7 Å². The molecule has 1 aromatic carbocycles. The van der Waals surface area contributed by atoms with Gasteiger partial charge in [-0.3, -0.25) is 0 Å². The molecule has 0 spiro atoms. The fourth-order valence-corrected chi connectivity index (χ4v) is 1.63. The van der Waals surface area contributed by atoms with Crippen LogP contribution in [0.2, 0.25) is 5.15 Å². The van der Waals surface area contributed by atoms with E-state index in [9.17, 15) is 0 Å². The van der Waals surface area contributed by atoms with Crippen LogP contribution in [0, 0.1) is 0 Å². The Morgan fingerprint density at radius 2 is 2.25 bits per heavy atom. The van der Waals surface area contributed by atoms with Gasteiger partial charge in [-0.15, -0.1) is 0 Å². The second-order valence-electron chi connectivity index (χ2n) is 3.21. The van der Waals surface area contributed by atoms with Gasteiger partial charge in [0.05, 0.1) is 18.8 Å². The first-order chi connectivity index (χ1) is 7.74. The van der Waals surface area contributed by atoms with Crippen molar-refractivity contribution < 1.29 is 4.74 Å². The zero-order valence-corrected chi connectivity index (χ0v) is 9.40. The number of benzene rings is 1. The number of rotatable bonds is 2. The number of aromatic nitrogens is 1. The third-order valence-electron chi connectivity index (χ3n) is 2.22. The molecule has 0 saturated carbocycles. The maximum atomic E-state index is 5.98. The first kappa shape index (κ1) is 10.7. The summed E-state index contributed by atoms with van der Waals surface area (Å²) in [5, 5.41) is 4.76. The summed E-state index contributed by atoms with van der Waals surface area (Å²) in [6.07, 6.45) is 1.47. The summed E-state index contributed by atoms with van der Waals surface area (Å²) in [5.74, 6) is 5.83. The monoisotopic (exact) mass is 235 g/mol. The Morgan fingerprint density at radius 3 is 2.94 bits per heavy atom. The van der Waals surface area contributed by atoms with Gasteiger partial charge >= 0.3 is 0 Å². The maximum Gasteiger partial charge on any atom is 0.138 e. The first-order valence-corrected chi connectivity index (χ1v) is 5.00. The summed E-state index contributed by atoms with van der Waals surface area (Å²) in [6, 6.07) is 7.47. The smallest absolute Gasteiger partial charge is 0.138 e. The lowest BCUT2D eigenvalue weighted by Gasteiger charge is -2.04. The molecule has 0 fully saturated rings. The fourth-order valence-electron chi connectivity index (χ4n) is 1.44. The van der Waals surface area contributed by atoms with Gasteiger partial charge in [0.25, 0.3) is 0 Å². The third-order valence-corrected chi connectivity index (χ3v) is 2.52. The molecule has 0 aliphatic rings. The zero-order valence-electron chi connectivity index (χ0n) is 8.64. The topological polar surface area (TPSA) is 60.5 Å². The van der Waals surface area contributed by atoms with Crippen LogP contribution in [0.15, 0.2) is 29.4 Å². The Hall–Kier alpha value is -1.81. The van der Waals surface area contributed by atoms with Crippen molar-refractivity contribution in [2.45, 2.75) is 0 Å². The van der Waals surface area contributed by atoms with Gasteiger partial charge in [-0.2, -0.15) is 5.10 Å². The van der Waals surface area contributed by atoms with E-state index in [0.717, 1.165) is 16.7 Å². The van der Waals surface area contributed by atoms with E-state index in [2.05, 4.69) is 10.1 Å². The second kappa shape index (κ2) is 4.37. The van der Waals surface area contributed by atoms with E-state index >= 15 is 0 Å². The molecule has 1 aromatic heterocycles. The van der Waals surface area contributed by atoms with E-state index in [1.807, 2.05) is 24.3 Å². The Labute approximate surface area is 97.7 Å². The molecule has 2 rings (SSSR count). The quantitative estimate of drug-likeness (QED) is 0.376. The van der Waals surface area contributed by atoms with Crippen molar-refractivity contribution in [2.75, 3.05) is 7.11 Å². The van der Waals surface area contributed by atoms with Crippen LogP contribution in [-0.2, 0) is 0 Å². The highest BCUT2D eigenvalue weighted by atomic mass is 35.5. The minimum Gasteiger partial charge on any atom is -0.497 e. The number of halogens is 1. The Balaban J connectivity index is 2.63. The van der Waals surface area contributed by atoms with Gasteiger partial charge < -0.3 is 10.6 Å². The lowest BCUT2D eigenvalue weighted by molar-refractivity contribution is 0.415. The summed E-state index contributed by atoms with van der Waals surface area (Å²) in [5.41, 5.74) is 1.47. The SMILES string of the molecule is COc1ccc2cc(/C=N/N)c(Cl)nc2c1. The van der Waals surface area contributed by atoms with Crippen LogP contribution in [0.1, 0.15) is 5.56 Å². The largest absolute Gasteiger partial charge is 0.497 e. The van der Waals surface area contributed by atoms with Crippen molar-refractivity contribution in [3.63, 3.8) is 0 Å². The van der Waals surface area contributed by atoms with Crippen LogP contribution < -0.4 is 10.6 Å². The Morgan fingerprint density at radius 1 is 1.44 bits per heavy atom. The van der Waals surface area contributed by atoms with Crippen LogP contribution in [0.4, 0.5) is 0 Å². The van der Waals surface area contributed by atoms with E-state index in [4.69, 9.17) is 22.2 Å². The molecule has 1 heterocycles. The highest BCUT2D eigenvalue weighted by Gasteiger charge is 2.04. The van der Waals surface area contributed by atoms with Gasteiger partial charge in [-0.05, 0) is 18.2 Å². The molecular weight excluding hydrogens is 226 g/mol. The fraction of sp³-hybridized carbons (Fsp3) is 0.0909. The van der Waals surface area contributed by atoms with Crippen molar-refractivity contribution in [3.05, 3.63) is 35.0 Å². The van der Waals surface area contributed by atoms with Crippen molar-refractivity contribution in [2.24, 2.45) is 10.9 Å². The van der Waals surface area contributed by atoms with Crippen LogP contribution in [-0.4, -0.2) is 18.3 Å². The van der Waals surface area contributed by atoms with Gasteiger partial charge in [-0.1, -0.05) is 11.6 Å². The van der Waals surface area contributed by atoms with Crippen molar-refractivity contribution in [3.8, 4) is 5.75 Å². The molecule has 82 valence electrons. The van der Waals surface area contributed by atoms with Gasteiger partial charge in [0.15, 0.2) is 0 Å². The van der Waals surface area contributed by atoms with E-state index < -0.39 is 0 Å². The van der Waals surface area contributed by atoms with Crippen LogP contribution >= 0.6 is 11.6 Å². The third kappa shape index (κ3) is 1.92. The number of fused-ring (bicyclic) bond motifs is 1. The molecule has 0 saturated heterocycles. The molecule has 0 amide bonds. The number of hydrogen-bond acceptors (Lipinski definition) is 4. The predicted octanol–water partition coefficient (Wildman–Crippen LogP) is 2.19. The van der Waals surface area contributed by atoms with Gasteiger partial charge in [0.1, 0.15) is 10.9 Å². The van der Waals surface area contributed by atoms with Crippen molar-refractivity contribution in [1.82, 2.24) is 4.98 Å². The molecule has 2 N–H and O–H groups in total. The molecule has 0 unspecified atom stereocenters. The number of pyridine rings is 1. The molecular formula is C11H10ClN3O. The molecule has 0 aliphatic carbocycles. The highest BCUT2D eigenvalue weighted by Crippen LogP contribution is 2.23. The normalized spacial score (nSPS) is 11.1. The molecule has 0 atom stereocenters. The van der Waals surface area contributed by atoms with E-state index in [-0.39, 0.29) is 0 Å². The van der Waals surface area contributed by atoms with Gasteiger partial charge in [-0.25, -0.2) is 4.98 Å². The summed E-state index contributed by atoms with van der Waals surface area (Å²) in [6.45, 7) is 0. The van der Waals surface area contributed by atoms with Crippen molar-refractivity contribution in [1.29, 1.82) is 0 Å². The molecule has 0 aliphatic heterocycles. The zero-order chi connectivity index (χ0) is 11.5. The van der Waals surface area contributed by atoms with Crippen molar-refractivity contribution >= 4 is 28.7 Å². The molecule has 16 heavy (non-hydrogen) atoms. The summed E-state index contributed by atoms with van der Waals surface area (Å²) in [7, 11) is 1.61. The van der Waals surface area contributed by atoms with E-state index in [1.54, 1.807) is 7.11 Å². The average molecular weight is 236 g/mol. The molecule has 2 aromatic rings. The number of nitrogens with zero attached hydrogens (tertiary/aromatic N) is 2. The van der Waals surface area contributed by atoms with E-state index in [1.165, 1.54) is 6.21 Å². The average Bonchev–Trinajstić information content (AvgIpc) is 2.30. The number of hydrogen-bond donors (Lipinski definition) is 1. The number of hydrazone groups is 1. The predicted molar refractivity (Wildman–Crippen MR) is 65.1 cm³/mol. The lowest BCUT2D eigenvalue weighted by atomic mass is 10.1. The number of methoxy groups -OCH3 is 1. The molecule has 0 radical (unpaired) electrons. The Kier molecular flexibility index (Phi) is 2.92. The first-order valence-electron chi connectivity index (χ1n) is 4.62. The number of ether oxygens (including phenoxy) is 1. The Bertz CT molecular complexity index is 554. The number of nitrogens with two attached hydrogens (primary N) is 1. The highest BCUT2D eigenvalue weighted by molar-refractivity contribution is 6.32. The summed E-state index contributed by atoms with van der Waals surface area (Å²) in [4.78, 5) is 4.24. The van der Waals surface area contributed by atoms with Crippen LogP contribution in [0.25, 0.3) is 10.9 Å². The van der Waals surface area contributed by atoms with Gasteiger partial charge in [0.2, 0.25) is 0 Å². The summed E-state index contributed by atoms with van der Waals surface area (Å²) >= 11 is 5.98. The lowest BCUT2D eigenvalue weighted by Crippen LogP contribution is -1.92.